The molecule has 7 heteroatoms. The van der Waals surface area contributed by atoms with Crippen LogP contribution in [0.25, 0.3) is 10.9 Å². The van der Waals surface area contributed by atoms with Crippen LogP contribution in [0, 0.1) is 0 Å². The molecule has 4 rings (SSSR count). The number of aliphatic hydroxyl groups is 1. The molecule has 2 N–H and O–H groups in total. The molecule has 27 heavy (non-hydrogen) atoms. The van der Waals surface area contributed by atoms with Gasteiger partial charge in [0.15, 0.2) is 0 Å². The number of nitrogens with one attached hydrogen (secondary N) is 1. The molecule has 0 bridgehead atoms. The van der Waals surface area contributed by atoms with Crippen LogP contribution in [0.1, 0.15) is 51.4 Å². The maximum absolute atomic E-state index is 13.3. The molecular weight excluding hydrogens is 352 g/mol. The summed E-state index contributed by atoms with van der Waals surface area (Å²) in [7, 11) is 0. The summed E-state index contributed by atoms with van der Waals surface area (Å²) in [5.74, 6) is -1.33. The molecule has 0 unspecified atom stereocenters. The topological polar surface area (TPSA) is 67.3 Å². The molecule has 1 aromatic heterocycles. The van der Waals surface area contributed by atoms with Crippen LogP contribution in [0.4, 0.5) is 14.7 Å². The number of alkyl halides is 2. The molecule has 0 amide bonds. The molecule has 0 atom stereocenters. The first-order valence-corrected chi connectivity index (χ1v) is 9.73. The van der Waals surface area contributed by atoms with E-state index >= 15 is 0 Å². The van der Waals surface area contributed by atoms with Crippen LogP contribution in [-0.2, 0) is 0 Å². The largest absolute Gasteiger partial charge is 0.490 e. The highest BCUT2D eigenvalue weighted by molar-refractivity contribution is 5.80. The van der Waals surface area contributed by atoms with Crippen molar-refractivity contribution in [3.63, 3.8) is 0 Å². The van der Waals surface area contributed by atoms with E-state index in [1.165, 1.54) is 0 Å². The Morgan fingerprint density at radius 1 is 1.07 bits per heavy atom. The summed E-state index contributed by atoms with van der Waals surface area (Å²) >= 11 is 0. The Labute approximate surface area is 157 Å². The van der Waals surface area contributed by atoms with Crippen molar-refractivity contribution in [2.24, 2.45) is 0 Å². The van der Waals surface area contributed by atoms with E-state index in [1.807, 2.05) is 18.2 Å². The van der Waals surface area contributed by atoms with Crippen molar-refractivity contribution in [2.45, 2.75) is 75.5 Å². The molecule has 0 spiro atoms. The third-order valence-corrected chi connectivity index (χ3v) is 5.55. The van der Waals surface area contributed by atoms with Crippen molar-refractivity contribution >= 4 is 16.9 Å². The fraction of sp³-hybridized carbons (Fsp3) is 0.600. The van der Waals surface area contributed by atoms with Gasteiger partial charge < -0.3 is 15.2 Å². The van der Waals surface area contributed by atoms with Gasteiger partial charge in [0.05, 0.1) is 17.7 Å². The number of anilines is 1. The van der Waals surface area contributed by atoms with Crippen LogP contribution >= 0.6 is 0 Å². The standard InChI is InChI=1S/C20H25F2N3O2/c21-20(22)9-7-16(8-10-20)27-17-6-1-13-12-23-19(25-18(13)11-17)24-14-2-4-15(26)5-3-14/h1,6,11-12,14-16,26H,2-5,7-10H2,(H,23,24,25)/t14-,15-. The van der Waals surface area contributed by atoms with Crippen molar-refractivity contribution in [3.05, 3.63) is 24.4 Å². The molecule has 0 radical (unpaired) electrons. The summed E-state index contributed by atoms with van der Waals surface area (Å²) in [6.45, 7) is 0. The lowest BCUT2D eigenvalue weighted by Crippen LogP contribution is -2.30. The minimum atomic E-state index is -2.55. The van der Waals surface area contributed by atoms with Crippen molar-refractivity contribution in [3.8, 4) is 5.75 Å². The van der Waals surface area contributed by atoms with Gasteiger partial charge in [-0.1, -0.05) is 0 Å². The molecule has 0 aliphatic heterocycles. The molecular formula is C20H25F2N3O2. The van der Waals surface area contributed by atoms with Crippen LogP contribution in [-0.4, -0.2) is 39.2 Å². The highest BCUT2D eigenvalue weighted by Gasteiger charge is 2.35. The van der Waals surface area contributed by atoms with Gasteiger partial charge in [-0.15, -0.1) is 0 Å². The Morgan fingerprint density at radius 2 is 1.81 bits per heavy atom. The quantitative estimate of drug-likeness (QED) is 0.831. The second-order valence-electron chi connectivity index (χ2n) is 7.74. The van der Waals surface area contributed by atoms with Crippen LogP contribution in [0.5, 0.6) is 5.75 Å². The molecule has 1 heterocycles. The molecule has 5 nitrogen and oxygen atoms in total. The minimum absolute atomic E-state index is 0.114. The Morgan fingerprint density at radius 3 is 2.56 bits per heavy atom. The van der Waals surface area contributed by atoms with Crippen LogP contribution in [0.2, 0.25) is 0 Å². The van der Waals surface area contributed by atoms with E-state index in [0.717, 1.165) is 36.6 Å². The van der Waals surface area contributed by atoms with Gasteiger partial charge in [0, 0.05) is 36.5 Å². The first-order chi connectivity index (χ1) is 13.0. The van der Waals surface area contributed by atoms with Crippen molar-refractivity contribution in [1.82, 2.24) is 9.97 Å². The zero-order valence-corrected chi connectivity index (χ0v) is 15.2. The van der Waals surface area contributed by atoms with Crippen LogP contribution in [0.15, 0.2) is 24.4 Å². The van der Waals surface area contributed by atoms with Crippen molar-refractivity contribution in [2.75, 3.05) is 5.32 Å². The first kappa shape index (κ1) is 18.3. The normalized spacial score (nSPS) is 26.0. The second-order valence-corrected chi connectivity index (χ2v) is 7.74. The van der Waals surface area contributed by atoms with Crippen LogP contribution in [0.3, 0.4) is 0 Å². The van der Waals surface area contributed by atoms with E-state index in [2.05, 4.69) is 15.3 Å². The third kappa shape index (κ3) is 4.64. The van der Waals surface area contributed by atoms with Gasteiger partial charge >= 0.3 is 0 Å². The van der Waals surface area contributed by atoms with E-state index in [-0.39, 0.29) is 31.1 Å². The lowest BCUT2D eigenvalue weighted by Gasteiger charge is -2.28. The molecule has 2 saturated carbocycles. The lowest BCUT2D eigenvalue weighted by molar-refractivity contribution is -0.0582. The maximum atomic E-state index is 13.3. The maximum Gasteiger partial charge on any atom is 0.248 e. The summed E-state index contributed by atoms with van der Waals surface area (Å²) in [4.78, 5) is 8.95. The number of rotatable bonds is 4. The molecule has 2 aromatic rings. The number of hydrogen-bond acceptors (Lipinski definition) is 5. The monoisotopic (exact) mass is 377 g/mol. The predicted octanol–water partition coefficient (Wildman–Crippen LogP) is 4.30. The fourth-order valence-electron chi connectivity index (χ4n) is 3.87. The summed E-state index contributed by atoms with van der Waals surface area (Å²) in [5.41, 5.74) is 0.766. The smallest absolute Gasteiger partial charge is 0.248 e. The van der Waals surface area contributed by atoms with Crippen LogP contribution < -0.4 is 10.1 Å². The molecule has 2 aliphatic carbocycles. The number of aromatic nitrogens is 2. The van der Waals surface area contributed by atoms with Crippen molar-refractivity contribution in [1.29, 1.82) is 0 Å². The number of hydrogen-bond donors (Lipinski definition) is 2. The predicted molar refractivity (Wildman–Crippen MR) is 99.3 cm³/mol. The number of benzene rings is 1. The number of aliphatic hydroxyl groups excluding tert-OH is 1. The fourth-order valence-corrected chi connectivity index (χ4v) is 3.87. The van der Waals surface area contributed by atoms with Gasteiger partial charge in [-0.3, -0.25) is 0 Å². The van der Waals surface area contributed by atoms with E-state index < -0.39 is 5.92 Å². The van der Waals surface area contributed by atoms with Gasteiger partial charge in [0.25, 0.3) is 0 Å². The lowest BCUT2D eigenvalue weighted by atomic mass is 9.93. The van der Waals surface area contributed by atoms with E-state index in [0.29, 0.717) is 24.5 Å². The number of nitrogens with zero attached hydrogens (tertiary/aromatic N) is 2. The summed E-state index contributed by atoms with van der Waals surface area (Å²) in [6.07, 6.45) is 5.31. The van der Waals surface area contributed by atoms with E-state index in [1.54, 1.807) is 6.20 Å². The number of halogens is 2. The zero-order chi connectivity index (χ0) is 18.9. The first-order valence-electron chi connectivity index (χ1n) is 9.73. The minimum Gasteiger partial charge on any atom is -0.490 e. The Bertz CT molecular complexity index is 784. The molecule has 1 aromatic carbocycles. The Kier molecular flexibility index (Phi) is 5.12. The van der Waals surface area contributed by atoms with Gasteiger partial charge in [0.2, 0.25) is 11.9 Å². The highest BCUT2D eigenvalue weighted by atomic mass is 19.3. The SMILES string of the molecule is O[C@H]1CC[C@H](Nc2ncc3ccc(OC4CCC(F)(F)CC4)cc3n2)CC1. The Balaban J connectivity index is 1.43. The average molecular weight is 377 g/mol. The summed E-state index contributed by atoms with van der Waals surface area (Å²) < 4.78 is 32.5. The molecule has 0 saturated heterocycles. The molecule has 2 fully saturated rings. The van der Waals surface area contributed by atoms with E-state index in [9.17, 15) is 13.9 Å². The van der Waals surface area contributed by atoms with E-state index in [4.69, 9.17) is 4.74 Å². The zero-order valence-electron chi connectivity index (χ0n) is 15.2. The van der Waals surface area contributed by atoms with Gasteiger partial charge in [-0.25, -0.2) is 18.7 Å². The third-order valence-electron chi connectivity index (χ3n) is 5.55. The molecule has 2 aliphatic rings. The summed E-state index contributed by atoms with van der Waals surface area (Å²) in [5, 5.41) is 13.9. The average Bonchev–Trinajstić information content (AvgIpc) is 2.65. The summed E-state index contributed by atoms with van der Waals surface area (Å²) in [6, 6.07) is 5.85. The number of fused-ring (bicyclic) bond motifs is 1. The number of ether oxygens (including phenoxy) is 1. The van der Waals surface area contributed by atoms with Gasteiger partial charge in [-0.2, -0.15) is 0 Å². The van der Waals surface area contributed by atoms with Gasteiger partial charge in [0.1, 0.15) is 5.75 Å². The van der Waals surface area contributed by atoms with Crippen molar-refractivity contribution < 1.29 is 18.6 Å². The molecule has 146 valence electrons. The second kappa shape index (κ2) is 7.54. The highest BCUT2D eigenvalue weighted by Crippen LogP contribution is 2.35. The Hall–Kier alpha value is -2.02. The van der Waals surface area contributed by atoms with Gasteiger partial charge in [-0.05, 0) is 50.7 Å².